The van der Waals surface area contributed by atoms with Gasteiger partial charge in [0.15, 0.2) is 0 Å². The molecule has 74 valence electrons. The lowest BCUT2D eigenvalue weighted by Crippen LogP contribution is -2.23. The van der Waals surface area contributed by atoms with E-state index in [-0.39, 0.29) is 0 Å². The van der Waals surface area contributed by atoms with E-state index < -0.39 is 0 Å². The number of anilines is 1. The van der Waals surface area contributed by atoms with Crippen LogP contribution in [0.2, 0.25) is 0 Å². The molecule has 2 rings (SSSR count). The van der Waals surface area contributed by atoms with Crippen molar-refractivity contribution in [2.75, 3.05) is 18.0 Å². The highest BCUT2D eigenvalue weighted by Crippen LogP contribution is 2.07. The highest BCUT2D eigenvalue weighted by molar-refractivity contribution is 5.38. The first-order chi connectivity index (χ1) is 6.85. The van der Waals surface area contributed by atoms with Crippen LogP contribution in [0.5, 0.6) is 0 Å². The maximum absolute atomic E-state index is 4.32. The van der Waals surface area contributed by atoms with Crippen molar-refractivity contribution < 1.29 is 0 Å². The van der Waals surface area contributed by atoms with Crippen molar-refractivity contribution in [1.29, 1.82) is 0 Å². The molecule has 0 atom stereocenters. The predicted molar refractivity (Wildman–Crippen MR) is 54.3 cm³/mol. The maximum Gasteiger partial charge on any atom is 0.253 e. The first-order valence-corrected chi connectivity index (χ1v) is 4.77. The van der Waals surface area contributed by atoms with Crippen molar-refractivity contribution in [2.24, 2.45) is 0 Å². The molecular weight excluding hydrogens is 178 g/mol. The fourth-order valence-electron chi connectivity index (χ4n) is 1.36. The van der Waals surface area contributed by atoms with E-state index in [0.29, 0.717) is 5.78 Å². The summed E-state index contributed by atoms with van der Waals surface area (Å²) in [5, 5.41) is 4.32. The lowest BCUT2D eigenvalue weighted by atomic mass is 10.5. The van der Waals surface area contributed by atoms with Crippen LogP contribution in [0, 0.1) is 0 Å². The van der Waals surface area contributed by atoms with Gasteiger partial charge in [-0.3, -0.25) is 0 Å². The molecule has 5 heteroatoms. The van der Waals surface area contributed by atoms with Gasteiger partial charge in [-0.25, -0.2) is 9.50 Å². The Morgan fingerprint density at radius 3 is 2.79 bits per heavy atom. The molecule has 0 aromatic carbocycles. The Balaban J connectivity index is 2.43. The molecule has 0 spiro atoms. The number of hydrogen-bond acceptors (Lipinski definition) is 4. The number of hydrogen-bond donors (Lipinski definition) is 0. The van der Waals surface area contributed by atoms with Crippen LogP contribution in [0.15, 0.2) is 18.5 Å². The molecule has 0 bridgehead atoms. The Morgan fingerprint density at radius 2 is 2.14 bits per heavy atom. The van der Waals surface area contributed by atoms with Gasteiger partial charge in [0, 0.05) is 25.5 Å². The van der Waals surface area contributed by atoms with Crippen LogP contribution >= 0.6 is 0 Å². The first-order valence-electron chi connectivity index (χ1n) is 4.77. The molecule has 0 fully saturated rings. The van der Waals surface area contributed by atoms with Gasteiger partial charge >= 0.3 is 0 Å². The van der Waals surface area contributed by atoms with Gasteiger partial charge in [0.1, 0.15) is 0 Å². The Bertz CT molecular complexity index is 385. The van der Waals surface area contributed by atoms with E-state index in [0.717, 1.165) is 19.0 Å². The van der Waals surface area contributed by atoms with E-state index in [1.165, 1.54) is 0 Å². The Hall–Kier alpha value is -1.65. The summed E-state index contributed by atoms with van der Waals surface area (Å²) >= 11 is 0. The molecule has 0 saturated heterocycles. The average molecular weight is 191 g/mol. The zero-order valence-corrected chi connectivity index (χ0v) is 8.38. The van der Waals surface area contributed by atoms with Crippen LogP contribution in [0.1, 0.15) is 13.8 Å². The Labute approximate surface area is 82.4 Å². The smallest absolute Gasteiger partial charge is 0.253 e. The quantitative estimate of drug-likeness (QED) is 0.725. The average Bonchev–Trinajstić information content (AvgIpc) is 2.63. The highest BCUT2D eigenvalue weighted by Gasteiger charge is 2.08. The molecule has 2 aromatic rings. The normalized spacial score (nSPS) is 10.7. The van der Waals surface area contributed by atoms with Crippen LogP contribution < -0.4 is 4.90 Å². The van der Waals surface area contributed by atoms with Crippen LogP contribution in [-0.4, -0.2) is 32.7 Å². The molecule has 0 saturated carbocycles. The summed E-state index contributed by atoms with van der Waals surface area (Å²) in [5.41, 5.74) is 0. The third-order valence-electron chi connectivity index (χ3n) is 2.15. The van der Waals surface area contributed by atoms with Gasteiger partial charge in [0.05, 0.1) is 0 Å². The van der Waals surface area contributed by atoms with E-state index in [9.17, 15) is 0 Å². The van der Waals surface area contributed by atoms with Crippen LogP contribution in [0.4, 0.5) is 5.95 Å². The van der Waals surface area contributed by atoms with Crippen molar-refractivity contribution in [3.05, 3.63) is 18.5 Å². The van der Waals surface area contributed by atoms with E-state index in [1.807, 2.05) is 12.3 Å². The minimum atomic E-state index is 0.648. The first kappa shape index (κ1) is 8.93. The zero-order valence-electron chi connectivity index (χ0n) is 8.38. The molecule has 0 aliphatic carbocycles. The summed E-state index contributed by atoms with van der Waals surface area (Å²) < 4.78 is 1.69. The Kier molecular flexibility index (Phi) is 2.30. The highest BCUT2D eigenvalue weighted by atomic mass is 15.4. The lowest BCUT2D eigenvalue weighted by molar-refractivity contribution is 0.812. The molecular formula is C9H13N5. The van der Waals surface area contributed by atoms with Crippen LogP contribution in [0.3, 0.4) is 0 Å². The number of nitrogens with zero attached hydrogens (tertiary/aromatic N) is 5. The second-order valence-corrected chi connectivity index (χ2v) is 2.95. The number of rotatable bonds is 3. The van der Waals surface area contributed by atoms with Crippen LogP contribution in [-0.2, 0) is 0 Å². The zero-order chi connectivity index (χ0) is 9.97. The third kappa shape index (κ3) is 1.41. The minimum Gasteiger partial charge on any atom is -0.340 e. The van der Waals surface area contributed by atoms with Crippen molar-refractivity contribution >= 4 is 11.7 Å². The number of fused-ring (bicyclic) bond motifs is 1. The summed E-state index contributed by atoms with van der Waals surface area (Å²) in [5.74, 6) is 1.39. The standard InChI is InChI=1S/C9H13N5/c1-3-13(4-2)9-11-8-10-6-5-7-14(8)12-9/h5-7H,3-4H2,1-2H3. The summed E-state index contributed by atoms with van der Waals surface area (Å²) in [6, 6.07) is 1.84. The lowest BCUT2D eigenvalue weighted by Gasteiger charge is -2.14. The fourth-order valence-corrected chi connectivity index (χ4v) is 1.36. The van der Waals surface area contributed by atoms with Gasteiger partial charge in [0.2, 0.25) is 5.95 Å². The largest absolute Gasteiger partial charge is 0.340 e. The second kappa shape index (κ2) is 3.61. The topological polar surface area (TPSA) is 46.3 Å². The Morgan fingerprint density at radius 1 is 1.36 bits per heavy atom. The molecule has 0 unspecified atom stereocenters. The van der Waals surface area contributed by atoms with Crippen molar-refractivity contribution in [3.63, 3.8) is 0 Å². The van der Waals surface area contributed by atoms with E-state index in [1.54, 1.807) is 10.7 Å². The minimum absolute atomic E-state index is 0.648. The van der Waals surface area contributed by atoms with E-state index >= 15 is 0 Å². The van der Waals surface area contributed by atoms with Crippen LogP contribution in [0.25, 0.3) is 5.78 Å². The van der Waals surface area contributed by atoms with Crippen molar-refractivity contribution in [3.8, 4) is 0 Å². The van der Waals surface area contributed by atoms with Crippen molar-refractivity contribution in [2.45, 2.75) is 13.8 Å². The molecule has 0 aliphatic heterocycles. The van der Waals surface area contributed by atoms with Gasteiger partial charge in [-0.15, -0.1) is 5.10 Å². The fraction of sp³-hybridized carbons (Fsp3) is 0.444. The molecule has 5 nitrogen and oxygen atoms in total. The van der Waals surface area contributed by atoms with Crippen molar-refractivity contribution in [1.82, 2.24) is 19.6 Å². The SMILES string of the molecule is CCN(CC)c1nc2ncccn2n1. The van der Waals surface area contributed by atoms with Gasteiger partial charge in [-0.2, -0.15) is 4.98 Å². The third-order valence-corrected chi connectivity index (χ3v) is 2.15. The van der Waals surface area contributed by atoms with Gasteiger partial charge < -0.3 is 4.90 Å². The molecule has 0 N–H and O–H groups in total. The van der Waals surface area contributed by atoms with E-state index in [4.69, 9.17) is 0 Å². The summed E-state index contributed by atoms with van der Waals surface area (Å²) in [6.45, 7) is 5.99. The van der Waals surface area contributed by atoms with Gasteiger partial charge in [-0.1, -0.05) is 0 Å². The molecule has 2 heterocycles. The maximum atomic E-state index is 4.32. The predicted octanol–water partition coefficient (Wildman–Crippen LogP) is 0.970. The monoisotopic (exact) mass is 191 g/mol. The second-order valence-electron chi connectivity index (χ2n) is 2.95. The summed E-state index contributed by atoms with van der Waals surface area (Å²) in [6.07, 6.45) is 3.57. The molecule has 0 aliphatic rings. The molecule has 2 aromatic heterocycles. The van der Waals surface area contributed by atoms with E-state index in [2.05, 4.69) is 33.8 Å². The molecule has 0 radical (unpaired) electrons. The molecule has 14 heavy (non-hydrogen) atoms. The van der Waals surface area contributed by atoms with Gasteiger partial charge in [-0.05, 0) is 19.9 Å². The van der Waals surface area contributed by atoms with Gasteiger partial charge in [0.25, 0.3) is 5.78 Å². The summed E-state index contributed by atoms with van der Waals surface area (Å²) in [4.78, 5) is 10.5. The molecule has 0 amide bonds. The summed E-state index contributed by atoms with van der Waals surface area (Å²) in [7, 11) is 0. The number of aromatic nitrogens is 4.